The van der Waals surface area contributed by atoms with Gasteiger partial charge in [-0.2, -0.15) is 0 Å². The average molecular weight is 303 g/mol. The largest absolute Gasteiger partial charge is 0.369 e. The number of primary amides is 1. The molecule has 1 aromatic heterocycles. The monoisotopic (exact) mass is 303 g/mol. The number of nitrogens with two attached hydrogens (primary N) is 1. The zero-order valence-electron chi connectivity index (χ0n) is 12.7. The Morgan fingerprint density at radius 1 is 1.32 bits per heavy atom. The number of likely N-dealkylation sites (tertiary alicyclic amines) is 1. The Balaban J connectivity index is 1.60. The van der Waals surface area contributed by atoms with Gasteiger partial charge in [-0.25, -0.2) is 4.98 Å². The van der Waals surface area contributed by atoms with Crippen molar-refractivity contribution in [3.05, 3.63) is 18.1 Å². The van der Waals surface area contributed by atoms with Crippen LogP contribution in [-0.4, -0.2) is 52.4 Å². The molecule has 118 valence electrons. The van der Waals surface area contributed by atoms with Crippen molar-refractivity contribution in [1.82, 2.24) is 14.9 Å². The molecule has 2 saturated heterocycles. The highest BCUT2D eigenvalue weighted by molar-refractivity contribution is 5.88. The lowest BCUT2D eigenvalue weighted by molar-refractivity contribution is -0.130. The number of nitrogens with zero attached hydrogens (tertiary/aromatic N) is 4. The molecule has 7 heteroatoms. The van der Waals surface area contributed by atoms with Crippen molar-refractivity contribution in [2.45, 2.75) is 32.2 Å². The summed E-state index contributed by atoms with van der Waals surface area (Å²) in [6.07, 6.45) is 5.54. The number of piperidine rings is 1. The van der Waals surface area contributed by atoms with Crippen molar-refractivity contribution < 1.29 is 9.59 Å². The number of amides is 2. The first kappa shape index (κ1) is 14.7. The first-order valence-corrected chi connectivity index (χ1v) is 7.67. The zero-order chi connectivity index (χ0) is 15.7. The maximum absolute atomic E-state index is 12.1. The number of hydrogen-bond donors (Lipinski definition) is 1. The van der Waals surface area contributed by atoms with E-state index in [0.717, 1.165) is 37.4 Å². The fraction of sp³-hybridized carbons (Fsp3) is 0.600. The molecule has 0 spiro atoms. The van der Waals surface area contributed by atoms with E-state index >= 15 is 0 Å². The molecule has 3 heterocycles. The number of anilines is 1. The van der Waals surface area contributed by atoms with Gasteiger partial charge >= 0.3 is 0 Å². The molecule has 0 saturated carbocycles. The van der Waals surface area contributed by atoms with E-state index in [1.54, 1.807) is 12.4 Å². The lowest BCUT2D eigenvalue weighted by atomic mass is 10.0. The third-order valence-corrected chi connectivity index (χ3v) is 4.53. The molecule has 1 unspecified atom stereocenters. The van der Waals surface area contributed by atoms with E-state index in [9.17, 15) is 9.59 Å². The number of aromatic nitrogens is 2. The summed E-state index contributed by atoms with van der Waals surface area (Å²) in [4.78, 5) is 36.0. The van der Waals surface area contributed by atoms with Gasteiger partial charge in [-0.1, -0.05) is 0 Å². The standard InChI is InChI=1S/C15H21N5O2/c1-10-7-17-8-13(18-10)19-4-2-12(3-5-19)20-9-11(15(16)22)6-14(20)21/h7-8,11-12H,2-6,9H2,1H3,(H2,16,22). The van der Waals surface area contributed by atoms with Crippen molar-refractivity contribution >= 4 is 17.6 Å². The van der Waals surface area contributed by atoms with Crippen LogP contribution in [0.1, 0.15) is 25.0 Å². The Morgan fingerprint density at radius 2 is 2.05 bits per heavy atom. The maximum atomic E-state index is 12.1. The molecule has 1 aromatic rings. The Kier molecular flexibility index (Phi) is 3.96. The highest BCUT2D eigenvalue weighted by atomic mass is 16.2. The van der Waals surface area contributed by atoms with Crippen LogP contribution in [0.15, 0.2) is 12.4 Å². The summed E-state index contributed by atoms with van der Waals surface area (Å²) in [5.41, 5.74) is 6.22. The first-order chi connectivity index (χ1) is 10.5. The maximum Gasteiger partial charge on any atom is 0.223 e. The highest BCUT2D eigenvalue weighted by Gasteiger charge is 2.38. The highest BCUT2D eigenvalue weighted by Crippen LogP contribution is 2.26. The minimum Gasteiger partial charge on any atom is -0.369 e. The van der Waals surface area contributed by atoms with E-state index in [1.807, 2.05) is 11.8 Å². The predicted octanol–water partition coefficient (Wildman–Crippen LogP) is 0.0876. The van der Waals surface area contributed by atoms with Gasteiger partial charge in [-0.3, -0.25) is 14.6 Å². The van der Waals surface area contributed by atoms with Crippen LogP contribution in [0.5, 0.6) is 0 Å². The van der Waals surface area contributed by atoms with Crippen LogP contribution < -0.4 is 10.6 Å². The quantitative estimate of drug-likeness (QED) is 0.854. The van der Waals surface area contributed by atoms with Crippen LogP contribution in [0.2, 0.25) is 0 Å². The fourth-order valence-corrected chi connectivity index (χ4v) is 3.28. The van der Waals surface area contributed by atoms with E-state index in [0.29, 0.717) is 6.54 Å². The summed E-state index contributed by atoms with van der Waals surface area (Å²) >= 11 is 0. The molecule has 2 amide bonds. The van der Waals surface area contributed by atoms with Crippen LogP contribution in [0, 0.1) is 12.8 Å². The van der Waals surface area contributed by atoms with Gasteiger partial charge in [0.25, 0.3) is 0 Å². The smallest absolute Gasteiger partial charge is 0.223 e. The summed E-state index contributed by atoms with van der Waals surface area (Å²) in [5, 5.41) is 0. The average Bonchev–Trinajstić information content (AvgIpc) is 2.90. The van der Waals surface area contributed by atoms with Crippen molar-refractivity contribution in [2.75, 3.05) is 24.5 Å². The van der Waals surface area contributed by atoms with Crippen LogP contribution in [-0.2, 0) is 9.59 Å². The first-order valence-electron chi connectivity index (χ1n) is 7.67. The van der Waals surface area contributed by atoms with Crippen LogP contribution >= 0.6 is 0 Å². The van der Waals surface area contributed by atoms with Gasteiger partial charge in [0, 0.05) is 38.3 Å². The Hall–Kier alpha value is -2.18. The SMILES string of the molecule is Cc1cncc(N2CCC(N3CC(C(N)=O)CC3=O)CC2)n1. The number of aryl methyl sites for hydroxylation is 1. The van der Waals surface area contributed by atoms with E-state index in [-0.39, 0.29) is 30.2 Å². The molecule has 2 fully saturated rings. The molecule has 1 atom stereocenters. The van der Waals surface area contributed by atoms with Crippen molar-refractivity contribution in [3.63, 3.8) is 0 Å². The van der Waals surface area contributed by atoms with Crippen LogP contribution in [0.25, 0.3) is 0 Å². The second kappa shape index (κ2) is 5.90. The second-order valence-corrected chi connectivity index (χ2v) is 6.09. The van der Waals surface area contributed by atoms with Gasteiger partial charge in [0.15, 0.2) is 0 Å². The molecule has 22 heavy (non-hydrogen) atoms. The molecule has 0 aromatic carbocycles. The fourth-order valence-electron chi connectivity index (χ4n) is 3.28. The summed E-state index contributed by atoms with van der Waals surface area (Å²) < 4.78 is 0. The molecule has 2 aliphatic rings. The molecule has 2 aliphatic heterocycles. The molecular formula is C15H21N5O2. The normalized spacial score (nSPS) is 23.1. The van der Waals surface area contributed by atoms with Gasteiger partial charge in [0.05, 0.1) is 17.8 Å². The molecule has 0 radical (unpaired) electrons. The second-order valence-electron chi connectivity index (χ2n) is 6.09. The lowest BCUT2D eigenvalue weighted by Gasteiger charge is -2.37. The summed E-state index contributed by atoms with van der Waals surface area (Å²) in [6, 6.07) is 0.200. The molecule has 0 aliphatic carbocycles. The third-order valence-electron chi connectivity index (χ3n) is 4.53. The predicted molar refractivity (Wildman–Crippen MR) is 81.0 cm³/mol. The lowest BCUT2D eigenvalue weighted by Crippen LogP contribution is -2.46. The number of carbonyl (C=O) groups excluding carboxylic acids is 2. The topological polar surface area (TPSA) is 92.4 Å². The van der Waals surface area contributed by atoms with Gasteiger partial charge in [0.1, 0.15) is 5.82 Å². The van der Waals surface area contributed by atoms with E-state index in [2.05, 4.69) is 14.9 Å². The number of rotatable bonds is 3. The van der Waals surface area contributed by atoms with Crippen molar-refractivity contribution in [3.8, 4) is 0 Å². The van der Waals surface area contributed by atoms with Gasteiger partial charge in [-0.05, 0) is 19.8 Å². The summed E-state index contributed by atoms with van der Waals surface area (Å²) in [7, 11) is 0. The third kappa shape index (κ3) is 2.88. The van der Waals surface area contributed by atoms with Gasteiger partial charge < -0.3 is 15.5 Å². The van der Waals surface area contributed by atoms with E-state index in [4.69, 9.17) is 5.73 Å². The zero-order valence-corrected chi connectivity index (χ0v) is 12.7. The Bertz CT molecular complexity index is 583. The van der Waals surface area contributed by atoms with Crippen molar-refractivity contribution in [2.24, 2.45) is 11.7 Å². The molecule has 2 N–H and O–H groups in total. The van der Waals surface area contributed by atoms with Crippen LogP contribution in [0.4, 0.5) is 5.82 Å². The number of hydrogen-bond acceptors (Lipinski definition) is 5. The van der Waals surface area contributed by atoms with E-state index < -0.39 is 0 Å². The summed E-state index contributed by atoms with van der Waals surface area (Å²) in [6.45, 7) is 4.08. The Morgan fingerprint density at radius 3 is 2.64 bits per heavy atom. The molecule has 7 nitrogen and oxygen atoms in total. The number of carbonyl (C=O) groups is 2. The van der Waals surface area contributed by atoms with Crippen molar-refractivity contribution in [1.29, 1.82) is 0 Å². The van der Waals surface area contributed by atoms with Gasteiger partial charge in [-0.15, -0.1) is 0 Å². The molecule has 3 rings (SSSR count). The van der Waals surface area contributed by atoms with E-state index in [1.165, 1.54) is 0 Å². The molecular weight excluding hydrogens is 282 g/mol. The minimum absolute atomic E-state index is 0.0533. The summed E-state index contributed by atoms with van der Waals surface area (Å²) in [5.74, 6) is 0.246. The Labute approximate surface area is 129 Å². The minimum atomic E-state index is -0.372. The van der Waals surface area contributed by atoms with Gasteiger partial charge in [0.2, 0.25) is 11.8 Å². The van der Waals surface area contributed by atoms with Crippen LogP contribution in [0.3, 0.4) is 0 Å². The molecule has 0 bridgehead atoms.